The van der Waals surface area contributed by atoms with E-state index >= 15 is 0 Å². The van der Waals surface area contributed by atoms with Crippen molar-refractivity contribution in [2.24, 2.45) is 0 Å². The van der Waals surface area contributed by atoms with Crippen LogP contribution in [0.15, 0.2) is 30.6 Å². The van der Waals surface area contributed by atoms with E-state index in [-0.39, 0.29) is 11.6 Å². The second-order valence-corrected chi connectivity index (χ2v) is 6.31. The Labute approximate surface area is 167 Å². The molecule has 3 rings (SSSR count). The molecule has 2 aromatic heterocycles. The van der Waals surface area contributed by atoms with Gasteiger partial charge in [-0.3, -0.25) is 20.2 Å². The molecule has 150 valence electrons. The molecule has 0 fully saturated rings. The molecule has 1 aromatic carbocycles. The molecule has 0 saturated carbocycles. The summed E-state index contributed by atoms with van der Waals surface area (Å²) in [6.45, 7) is 1.16. The number of nitrogens with one attached hydrogen (secondary N) is 1. The molecule has 1 amide bonds. The molecule has 1 N–H and O–H groups in total. The van der Waals surface area contributed by atoms with Crippen LogP contribution in [0.1, 0.15) is 11.3 Å². The van der Waals surface area contributed by atoms with E-state index in [1.54, 1.807) is 18.2 Å². The third kappa shape index (κ3) is 4.52. The number of carbonyl (C=O) groups excluding carboxylic acids is 1. The number of amides is 1. The molecule has 2 heterocycles. The Bertz CT molecular complexity index is 1110. The van der Waals surface area contributed by atoms with Crippen LogP contribution in [0, 0.1) is 27.2 Å². The van der Waals surface area contributed by atoms with E-state index in [0.717, 1.165) is 10.2 Å². The van der Waals surface area contributed by atoms with E-state index in [4.69, 9.17) is 11.6 Å². The fourth-order valence-electron chi connectivity index (χ4n) is 2.56. The molecule has 0 spiro atoms. The molecule has 0 aliphatic carbocycles. The molecule has 0 saturated heterocycles. The van der Waals surface area contributed by atoms with Crippen LogP contribution in [0.4, 0.5) is 17.5 Å². The summed E-state index contributed by atoms with van der Waals surface area (Å²) in [6, 6.07) is 7.15. The minimum Gasteiger partial charge on any atom is -0.358 e. The molecule has 14 heteroatoms. The normalized spacial score (nSPS) is 10.7. The Morgan fingerprint density at radius 1 is 1.24 bits per heavy atom. The van der Waals surface area contributed by atoms with Gasteiger partial charge in [0.25, 0.3) is 5.91 Å². The van der Waals surface area contributed by atoms with Gasteiger partial charge in [0.15, 0.2) is 0 Å². The lowest BCUT2D eigenvalue weighted by Gasteiger charge is -2.02. The maximum atomic E-state index is 12.2. The van der Waals surface area contributed by atoms with Crippen LogP contribution in [0.3, 0.4) is 0 Å². The van der Waals surface area contributed by atoms with Crippen molar-refractivity contribution in [2.45, 2.75) is 20.0 Å². The van der Waals surface area contributed by atoms with Gasteiger partial charge in [0.05, 0.1) is 16.6 Å². The van der Waals surface area contributed by atoms with Crippen LogP contribution in [-0.4, -0.2) is 40.3 Å². The Kier molecular flexibility index (Phi) is 5.50. The summed E-state index contributed by atoms with van der Waals surface area (Å²) < 4.78 is 2.37. The molecule has 0 radical (unpaired) electrons. The molecule has 0 bridgehead atoms. The first-order valence-electron chi connectivity index (χ1n) is 8.04. The number of hydrogen-bond acceptors (Lipinski definition) is 8. The van der Waals surface area contributed by atoms with Crippen LogP contribution < -0.4 is 5.32 Å². The number of aromatic nitrogens is 5. The number of nitrogens with zero attached hydrogens (tertiary/aromatic N) is 7. The van der Waals surface area contributed by atoms with Crippen LogP contribution >= 0.6 is 11.6 Å². The predicted molar refractivity (Wildman–Crippen MR) is 99.5 cm³/mol. The number of hydrogen-bond donors (Lipinski definition) is 1. The quantitative estimate of drug-likeness (QED) is 0.447. The van der Waals surface area contributed by atoms with Gasteiger partial charge in [-0.25, -0.2) is 9.67 Å². The highest BCUT2D eigenvalue weighted by atomic mass is 35.5. The number of anilines is 1. The van der Waals surface area contributed by atoms with Gasteiger partial charge in [0.2, 0.25) is 5.95 Å². The fraction of sp³-hybridized carbons (Fsp3) is 0.200. The highest BCUT2D eigenvalue weighted by Crippen LogP contribution is 2.29. The maximum Gasteiger partial charge on any atom is 0.468 e. The minimum absolute atomic E-state index is 0.00540. The highest BCUT2D eigenvalue weighted by molar-refractivity contribution is 6.30. The molecular weight excluding hydrogens is 408 g/mol. The lowest BCUT2D eigenvalue weighted by atomic mass is 10.2. The smallest absolute Gasteiger partial charge is 0.358 e. The summed E-state index contributed by atoms with van der Waals surface area (Å²) in [5.74, 6) is -1.57. The summed E-state index contributed by atoms with van der Waals surface area (Å²) in [4.78, 5) is 36.2. The van der Waals surface area contributed by atoms with Gasteiger partial charge in [-0.2, -0.15) is 4.68 Å². The van der Waals surface area contributed by atoms with Gasteiger partial charge in [-0.05, 0) is 29.5 Å². The third-order valence-electron chi connectivity index (χ3n) is 3.83. The molecule has 29 heavy (non-hydrogen) atoms. The van der Waals surface area contributed by atoms with Gasteiger partial charge in [-0.1, -0.05) is 23.7 Å². The van der Waals surface area contributed by atoms with Gasteiger partial charge >= 0.3 is 11.5 Å². The first-order chi connectivity index (χ1) is 13.7. The molecule has 0 atom stereocenters. The summed E-state index contributed by atoms with van der Waals surface area (Å²) in [5.41, 5.74) is 0.00933. The van der Waals surface area contributed by atoms with Crippen molar-refractivity contribution in [3.63, 3.8) is 0 Å². The van der Waals surface area contributed by atoms with E-state index in [0.29, 0.717) is 11.6 Å². The summed E-state index contributed by atoms with van der Waals surface area (Å²) >= 11 is 5.93. The molecule has 0 aliphatic rings. The van der Waals surface area contributed by atoms with Crippen molar-refractivity contribution in [2.75, 3.05) is 5.32 Å². The Hall–Kier alpha value is -3.87. The average Bonchev–Trinajstić information content (AvgIpc) is 3.19. The molecule has 0 unspecified atom stereocenters. The Morgan fingerprint density at radius 3 is 2.62 bits per heavy atom. The zero-order valence-electron chi connectivity index (χ0n) is 14.9. The lowest BCUT2D eigenvalue weighted by molar-refractivity contribution is -0.424. The second-order valence-electron chi connectivity index (χ2n) is 5.87. The van der Waals surface area contributed by atoms with E-state index in [1.807, 2.05) is 6.07 Å². The number of benzene rings is 1. The van der Waals surface area contributed by atoms with Gasteiger partial charge in [0, 0.05) is 5.02 Å². The van der Waals surface area contributed by atoms with E-state index in [1.165, 1.54) is 17.9 Å². The van der Waals surface area contributed by atoms with Crippen molar-refractivity contribution >= 4 is 35.0 Å². The van der Waals surface area contributed by atoms with Crippen molar-refractivity contribution < 1.29 is 14.6 Å². The zero-order chi connectivity index (χ0) is 21.1. The number of rotatable bonds is 7. The van der Waals surface area contributed by atoms with Gasteiger partial charge in [0.1, 0.15) is 18.6 Å². The summed E-state index contributed by atoms with van der Waals surface area (Å²) in [6.07, 6.45) is 1.41. The number of nitro groups is 2. The topological polar surface area (TPSA) is 164 Å². The lowest BCUT2D eigenvalue weighted by Crippen LogP contribution is -2.21. The van der Waals surface area contributed by atoms with Crippen molar-refractivity contribution in [1.29, 1.82) is 0 Å². The molecule has 13 nitrogen and oxygen atoms in total. The van der Waals surface area contributed by atoms with E-state index < -0.39 is 33.8 Å². The van der Waals surface area contributed by atoms with Gasteiger partial charge < -0.3 is 10.1 Å². The maximum absolute atomic E-state index is 12.2. The van der Waals surface area contributed by atoms with E-state index in [9.17, 15) is 25.0 Å². The SMILES string of the molecule is Cc1c([N+](=O)[O-])c([N+](=O)[O-])nn1CC(=O)Nc1ncn(Cc2cccc(Cl)c2)n1. The summed E-state index contributed by atoms with van der Waals surface area (Å²) in [7, 11) is 0. The Balaban J connectivity index is 1.69. The summed E-state index contributed by atoms with van der Waals surface area (Å²) in [5, 5.41) is 32.6. The number of halogens is 1. The monoisotopic (exact) mass is 420 g/mol. The van der Waals surface area contributed by atoms with Crippen LogP contribution in [0.2, 0.25) is 5.02 Å². The van der Waals surface area contributed by atoms with Crippen molar-refractivity contribution in [3.8, 4) is 0 Å². The number of carbonyl (C=O) groups is 1. The van der Waals surface area contributed by atoms with Crippen molar-refractivity contribution in [1.82, 2.24) is 24.5 Å². The minimum atomic E-state index is -0.974. The molecular formula is C15H13ClN8O5. The van der Waals surface area contributed by atoms with Crippen LogP contribution in [0.25, 0.3) is 0 Å². The highest BCUT2D eigenvalue weighted by Gasteiger charge is 2.35. The molecule has 3 aromatic rings. The Morgan fingerprint density at radius 2 is 2.00 bits per heavy atom. The average molecular weight is 421 g/mol. The predicted octanol–water partition coefficient (Wildman–Crippen LogP) is 1.94. The second kappa shape index (κ2) is 8.02. The fourth-order valence-corrected chi connectivity index (χ4v) is 2.78. The first-order valence-corrected chi connectivity index (χ1v) is 8.42. The standard InChI is InChI=1S/C15H13ClN8O5/c1-9-13(23(26)27)14(24(28)29)19-22(9)7-12(25)18-15-17-8-21(20-15)6-10-3-2-4-11(16)5-10/h2-5,8H,6-7H2,1H3,(H,18,20,25). The molecule has 0 aliphatic heterocycles. The third-order valence-corrected chi connectivity index (χ3v) is 4.06. The van der Waals surface area contributed by atoms with Crippen LogP contribution in [-0.2, 0) is 17.9 Å². The van der Waals surface area contributed by atoms with Gasteiger partial charge in [-0.15, -0.1) is 5.10 Å². The van der Waals surface area contributed by atoms with Crippen LogP contribution in [0.5, 0.6) is 0 Å². The zero-order valence-corrected chi connectivity index (χ0v) is 15.6. The first kappa shape index (κ1) is 19.9. The van der Waals surface area contributed by atoms with Crippen molar-refractivity contribution in [3.05, 3.63) is 67.1 Å². The largest absolute Gasteiger partial charge is 0.468 e. The van der Waals surface area contributed by atoms with E-state index in [2.05, 4.69) is 20.5 Å².